The molecule has 0 aromatic heterocycles. The maximum Gasteiger partial charge on any atom is 0.523 e. The monoisotopic (exact) mass is 392 g/mol. The third-order valence-electron chi connectivity index (χ3n) is 4.17. The summed E-state index contributed by atoms with van der Waals surface area (Å²) in [5.74, 6) is -2.51. The Morgan fingerprint density at radius 3 is 1.60 bits per heavy atom. The molecule has 8 nitrogen and oxygen atoms in total. The van der Waals surface area contributed by atoms with Gasteiger partial charge in [0.05, 0.1) is 0 Å². The molecule has 1 aliphatic carbocycles. The van der Waals surface area contributed by atoms with Crippen LogP contribution in [0.25, 0.3) is 0 Å². The number of aliphatic hydroxyl groups excluding tert-OH is 1. The van der Waals surface area contributed by atoms with Crippen LogP contribution in [0.2, 0.25) is 0 Å². The van der Waals surface area contributed by atoms with Crippen molar-refractivity contribution in [2.45, 2.75) is 81.4 Å². The van der Waals surface area contributed by atoms with E-state index < -0.39 is 63.8 Å². The van der Waals surface area contributed by atoms with E-state index in [2.05, 4.69) is 4.18 Å². The van der Waals surface area contributed by atoms with Crippen LogP contribution >= 0.6 is 0 Å². The number of hydrogen-bond acceptors (Lipinski definition) is 8. The fourth-order valence-electron chi connectivity index (χ4n) is 3.36. The van der Waals surface area contributed by atoms with Gasteiger partial charge in [-0.3, -0.25) is 4.18 Å². The van der Waals surface area contributed by atoms with Crippen LogP contribution in [-0.2, 0) is 33.2 Å². The highest BCUT2D eigenvalue weighted by Crippen LogP contribution is 2.46. The summed E-state index contributed by atoms with van der Waals surface area (Å²) in [4.78, 5) is 0. The van der Waals surface area contributed by atoms with Crippen molar-refractivity contribution in [1.82, 2.24) is 0 Å². The van der Waals surface area contributed by atoms with Gasteiger partial charge in [-0.2, -0.15) is 21.6 Å². The molecule has 146 valence electrons. The van der Waals surface area contributed by atoms with Crippen LogP contribution in [0, 0.1) is 0 Å². The van der Waals surface area contributed by atoms with Crippen LogP contribution in [-0.4, -0.2) is 67.2 Å². The Labute approximate surface area is 142 Å². The lowest BCUT2D eigenvalue weighted by atomic mass is 9.85. The second kappa shape index (κ2) is 5.50. The summed E-state index contributed by atoms with van der Waals surface area (Å²) in [5, 5.41) is 10.5. The number of ether oxygens (including phenoxy) is 4. The molecule has 0 amide bonds. The summed E-state index contributed by atoms with van der Waals surface area (Å²) in [6.45, 7) is 5.92. The van der Waals surface area contributed by atoms with Gasteiger partial charge in [-0.25, -0.2) is 0 Å². The average Bonchev–Trinajstić information content (AvgIpc) is 2.89. The van der Waals surface area contributed by atoms with Crippen LogP contribution in [0.1, 0.15) is 27.7 Å². The van der Waals surface area contributed by atoms with Gasteiger partial charge in [0.15, 0.2) is 11.6 Å². The third kappa shape index (κ3) is 3.29. The van der Waals surface area contributed by atoms with Gasteiger partial charge in [-0.05, 0) is 27.7 Å². The fraction of sp³-hybridized carbons (Fsp3) is 1.00. The van der Waals surface area contributed by atoms with Gasteiger partial charge in [0.2, 0.25) is 0 Å². The number of fused-ring (bicyclic) bond motifs is 2. The van der Waals surface area contributed by atoms with Crippen molar-refractivity contribution in [3.05, 3.63) is 0 Å². The summed E-state index contributed by atoms with van der Waals surface area (Å²) in [7, 11) is -5.92. The zero-order valence-electron chi connectivity index (χ0n) is 13.8. The van der Waals surface area contributed by atoms with E-state index in [9.17, 15) is 26.7 Å². The molecule has 3 aliphatic rings. The SMILES string of the molecule is CC1(C)O[C@@H]2C(O)[C@@H]3OC(C)(C)O[C@H]3C(OS(=O)(=O)C(F)(F)F)[C@@H]2O1. The fourth-order valence-corrected chi connectivity index (χ4v) is 3.98. The Hall–Kier alpha value is -0.500. The zero-order chi connectivity index (χ0) is 19.0. The first kappa shape index (κ1) is 19.3. The summed E-state index contributed by atoms with van der Waals surface area (Å²) in [5.41, 5.74) is -5.61. The van der Waals surface area contributed by atoms with Gasteiger partial charge in [-0.1, -0.05) is 0 Å². The van der Waals surface area contributed by atoms with E-state index in [0.717, 1.165) is 0 Å². The standard InChI is InChI=1S/C13H19F3O8S/c1-11(2)20-6-5(17)7-9(23-12(3,4)21-7)10(8(6)22-11)24-25(18,19)13(14,15)16/h5-10,17H,1-4H3/t5?,6-,7+,8-,9-,10?/m1/s1. The highest BCUT2D eigenvalue weighted by molar-refractivity contribution is 7.87. The molecule has 2 saturated heterocycles. The molecule has 3 rings (SSSR count). The van der Waals surface area contributed by atoms with Crippen molar-refractivity contribution in [2.24, 2.45) is 0 Å². The Kier molecular flexibility index (Phi) is 4.24. The van der Waals surface area contributed by atoms with Gasteiger partial charge >= 0.3 is 15.6 Å². The van der Waals surface area contributed by atoms with E-state index in [1.54, 1.807) is 0 Å². The first-order chi connectivity index (χ1) is 11.1. The quantitative estimate of drug-likeness (QED) is 0.540. The van der Waals surface area contributed by atoms with Crippen molar-refractivity contribution in [3.63, 3.8) is 0 Å². The molecular formula is C13H19F3O8S. The Morgan fingerprint density at radius 2 is 1.24 bits per heavy atom. The summed E-state index contributed by atoms with van der Waals surface area (Å²) < 4.78 is 87.7. The van der Waals surface area contributed by atoms with Gasteiger partial charge < -0.3 is 24.1 Å². The van der Waals surface area contributed by atoms with Crippen LogP contribution in [0.4, 0.5) is 13.2 Å². The van der Waals surface area contributed by atoms with Crippen LogP contribution in [0.3, 0.4) is 0 Å². The maximum atomic E-state index is 12.8. The molecule has 12 heteroatoms. The first-order valence-corrected chi connectivity index (χ1v) is 8.93. The second-order valence-corrected chi connectivity index (χ2v) is 8.64. The highest BCUT2D eigenvalue weighted by Gasteiger charge is 2.65. The van der Waals surface area contributed by atoms with E-state index in [-0.39, 0.29) is 0 Å². The minimum atomic E-state index is -5.92. The first-order valence-electron chi connectivity index (χ1n) is 7.52. The summed E-state index contributed by atoms with van der Waals surface area (Å²) in [6, 6.07) is 0. The Morgan fingerprint density at radius 1 is 0.880 bits per heavy atom. The molecule has 0 bridgehead atoms. The van der Waals surface area contributed by atoms with Gasteiger partial charge in [-0.15, -0.1) is 0 Å². The molecule has 2 aliphatic heterocycles. The highest BCUT2D eigenvalue weighted by atomic mass is 32.2. The van der Waals surface area contributed by atoms with Crippen molar-refractivity contribution in [1.29, 1.82) is 0 Å². The van der Waals surface area contributed by atoms with Crippen molar-refractivity contribution in [2.75, 3.05) is 0 Å². The zero-order valence-corrected chi connectivity index (χ0v) is 14.6. The number of hydrogen-bond donors (Lipinski definition) is 1. The topological polar surface area (TPSA) is 101 Å². The van der Waals surface area contributed by atoms with Crippen molar-refractivity contribution >= 4 is 10.1 Å². The Bertz CT molecular complexity index is 614. The van der Waals surface area contributed by atoms with E-state index in [1.807, 2.05) is 0 Å². The number of aliphatic hydroxyl groups is 1. The van der Waals surface area contributed by atoms with Crippen molar-refractivity contribution in [3.8, 4) is 0 Å². The minimum absolute atomic E-state index is 1.14. The minimum Gasteiger partial charge on any atom is -0.387 e. The predicted octanol–water partition coefficient (Wildman–Crippen LogP) is 0.636. The molecule has 1 saturated carbocycles. The molecule has 2 heterocycles. The molecule has 3 fully saturated rings. The maximum absolute atomic E-state index is 12.8. The van der Waals surface area contributed by atoms with E-state index in [4.69, 9.17) is 18.9 Å². The summed E-state index contributed by atoms with van der Waals surface area (Å²) >= 11 is 0. The predicted molar refractivity (Wildman–Crippen MR) is 73.5 cm³/mol. The normalized spacial score (nSPS) is 42.9. The lowest BCUT2D eigenvalue weighted by molar-refractivity contribution is -0.182. The largest absolute Gasteiger partial charge is 0.523 e. The van der Waals surface area contributed by atoms with E-state index >= 15 is 0 Å². The van der Waals surface area contributed by atoms with Crippen LogP contribution in [0.15, 0.2) is 0 Å². The molecule has 0 radical (unpaired) electrons. The Balaban J connectivity index is 1.98. The van der Waals surface area contributed by atoms with Gasteiger partial charge in [0.25, 0.3) is 0 Å². The number of alkyl halides is 3. The molecule has 0 aromatic carbocycles. The molecule has 0 aromatic rings. The molecule has 25 heavy (non-hydrogen) atoms. The lowest BCUT2D eigenvalue weighted by Gasteiger charge is -2.39. The third-order valence-corrected chi connectivity index (χ3v) is 5.21. The smallest absolute Gasteiger partial charge is 0.387 e. The lowest BCUT2D eigenvalue weighted by Crippen LogP contribution is -2.63. The van der Waals surface area contributed by atoms with Crippen molar-refractivity contribution < 1.29 is 49.8 Å². The van der Waals surface area contributed by atoms with E-state index in [0.29, 0.717) is 0 Å². The van der Waals surface area contributed by atoms with Crippen LogP contribution in [0.5, 0.6) is 0 Å². The molecule has 2 unspecified atom stereocenters. The average molecular weight is 392 g/mol. The second-order valence-electron chi connectivity index (χ2n) is 7.08. The number of halogens is 3. The molecule has 1 N–H and O–H groups in total. The summed E-state index contributed by atoms with van der Waals surface area (Å²) in [6.07, 6.45) is -7.85. The molecular weight excluding hydrogens is 373 g/mol. The molecule has 6 atom stereocenters. The molecule has 0 spiro atoms. The van der Waals surface area contributed by atoms with Gasteiger partial charge in [0.1, 0.15) is 36.6 Å². The van der Waals surface area contributed by atoms with Gasteiger partial charge in [0, 0.05) is 0 Å². The number of rotatable bonds is 2. The van der Waals surface area contributed by atoms with Crippen LogP contribution < -0.4 is 0 Å². The van der Waals surface area contributed by atoms with E-state index in [1.165, 1.54) is 27.7 Å².